The minimum atomic E-state index is -3.11. The number of hydrogen-bond donors (Lipinski definition) is 1. The van der Waals surface area contributed by atoms with Gasteiger partial charge in [-0.05, 0) is 43.7 Å². The van der Waals surface area contributed by atoms with Crippen LogP contribution in [0.25, 0.3) is 0 Å². The molecule has 1 rings (SSSR count). The van der Waals surface area contributed by atoms with Gasteiger partial charge in [-0.15, -0.1) is 0 Å². The van der Waals surface area contributed by atoms with Crippen LogP contribution >= 0.6 is 23.2 Å². The second-order valence-electron chi connectivity index (χ2n) is 4.95. The van der Waals surface area contributed by atoms with Crippen molar-refractivity contribution in [2.24, 2.45) is 0 Å². The van der Waals surface area contributed by atoms with Crippen LogP contribution in [0.4, 0.5) is 0 Å². The van der Waals surface area contributed by atoms with Gasteiger partial charge in [0.25, 0.3) is 0 Å². The zero-order valence-electron chi connectivity index (χ0n) is 12.6. The summed E-state index contributed by atoms with van der Waals surface area (Å²) in [5.41, 5.74) is 0.944. The molecule has 1 N–H and O–H groups in total. The Labute approximate surface area is 137 Å². The molecule has 0 saturated heterocycles. The molecule has 0 aliphatic rings. The molecule has 1 unspecified atom stereocenters. The van der Waals surface area contributed by atoms with Gasteiger partial charge in [0.1, 0.15) is 0 Å². The Bertz CT molecular complexity index is 564. The van der Waals surface area contributed by atoms with E-state index in [1.54, 1.807) is 12.1 Å². The largest absolute Gasteiger partial charge is 0.310 e. The first-order chi connectivity index (χ1) is 9.75. The van der Waals surface area contributed by atoms with Crippen molar-refractivity contribution >= 4 is 33.2 Å². The fourth-order valence-corrected chi connectivity index (χ4v) is 3.48. The Balaban J connectivity index is 2.47. The quantitative estimate of drug-likeness (QED) is 0.730. The normalized spacial score (nSPS) is 13.6. The first-order valence-electron chi connectivity index (χ1n) is 6.89. The van der Waals surface area contributed by atoms with E-state index in [4.69, 9.17) is 23.2 Å². The van der Waals surface area contributed by atoms with Gasteiger partial charge in [0, 0.05) is 29.2 Å². The van der Waals surface area contributed by atoms with Crippen molar-refractivity contribution < 1.29 is 8.42 Å². The number of sulfonamides is 1. The predicted molar refractivity (Wildman–Crippen MR) is 89.6 cm³/mol. The van der Waals surface area contributed by atoms with Crippen LogP contribution in [0, 0.1) is 0 Å². The molecule has 21 heavy (non-hydrogen) atoms. The van der Waals surface area contributed by atoms with Gasteiger partial charge in [0.2, 0.25) is 10.0 Å². The van der Waals surface area contributed by atoms with Crippen molar-refractivity contribution in [1.29, 1.82) is 0 Å². The topological polar surface area (TPSA) is 49.4 Å². The number of rotatable bonds is 8. The van der Waals surface area contributed by atoms with Gasteiger partial charge in [-0.25, -0.2) is 12.7 Å². The fraction of sp³-hybridized carbons (Fsp3) is 0.571. The van der Waals surface area contributed by atoms with Gasteiger partial charge in [0.05, 0.1) is 6.26 Å². The summed E-state index contributed by atoms with van der Waals surface area (Å²) >= 11 is 12.1. The molecule has 0 aliphatic carbocycles. The number of halogens is 2. The van der Waals surface area contributed by atoms with Crippen molar-refractivity contribution in [2.75, 3.05) is 25.9 Å². The molecule has 7 heteroatoms. The van der Waals surface area contributed by atoms with Gasteiger partial charge in [-0.2, -0.15) is 0 Å². The molecule has 1 atom stereocenters. The molecule has 1 aromatic rings. The highest BCUT2D eigenvalue weighted by molar-refractivity contribution is 7.88. The van der Waals surface area contributed by atoms with Gasteiger partial charge in [-0.3, -0.25) is 0 Å². The van der Waals surface area contributed by atoms with E-state index in [0.29, 0.717) is 29.7 Å². The third-order valence-electron chi connectivity index (χ3n) is 3.28. The summed E-state index contributed by atoms with van der Waals surface area (Å²) in [7, 11) is -3.11. The van der Waals surface area contributed by atoms with E-state index in [1.165, 1.54) is 10.6 Å². The average Bonchev–Trinajstić information content (AvgIpc) is 2.39. The predicted octanol–water partition coefficient (Wildman–Crippen LogP) is 3.32. The SMILES string of the molecule is CCN(CCCNC(C)c1cc(Cl)ccc1Cl)S(C)(=O)=O. The van der Waals surface area contributed by atoms with Gasteiger partial charge < -0.3 is 5.32 Å². The van der Waals surface area contributed by atoms with E-state index < -0.39 is 10.0 Å². The molecule has 0 radical (unpaired) electrons. The minimum absolute atomic E-state index is 0.0597. The van der Waals surface area contributed by atoms with Gasteiger partial charge in [0.15, 0.2) is 0 Å². The molecule has 0 fully saturated rings. The van der Waals surface area contributed by atoms with E-state index in [2.05, 4.69) is 5.32 Å². The van der Waals surface area contributed by atoms with Crippen LogP contribution in [0.1, 0.15) is 31.9 Å². The second-order valence-corrected chi connectivity index (χ2v) is 7.78. The maximum absolute atomic E-state index is 11.5. The van der Waals surface area contributed by atoms with Crippen LogP contribution in [-0.4, -0.2) is 38.6 Å². The van der Waals surface area contributed by atoms with E-state index in [9.17, 15) is 8.42 Å². The average molecular weight is 353 g/mol. The molecule has 120 valence electrons. The highest BCUT2D eigenvalue weighted by atomic mass is 35.5. The molecule has 4 nitrogen and oxygen atoms in total. The smallest absolute Gasteiger partial charge is 0.211 e. The fourth-order valence-electron chi connectivity index (χ4n) is 2.09. The lowest BCUT2D eigenvalue weighted by Crippen LogP contribution is -2.32. The molecular formula is C14H22Cl2N2O2S. The molecule has 0 heterocycles. The molecule has 0 saturated carbocycles. The number of hydrogen-bond acceptors (Lipinski definition) is 3. The standard InChI is InChI=1S/C14H22Cl2N2O2S/c1-4-18(21(3,19)20)9-5-8-17-11(2)13-10-12(15)6-7-14(13)16/h6-7,10-11,17H,4-5,8-9H2,1-3H3. The maximum Gasteiger partial charge on any atom is 0.211 e. The maximum atomic E-state index is 11.5. The van der Waals surface area contributed by atoms with Crippen molar-refractivity contribution in [1.82, 2.24) is 9.62 Å². The summed E-state index contributed by atoms with van der Waals surface area (Å²) in [6, 6.07) is 5.44. The number of nitrogens with zero attached hydrogens (tertiary/aromatic N) is 1. The van der Waals surface area contributed by atoms with E-state index in [1.807, 2.05) is 19.9 Å². The van der Waals surface area contributed by atoms with Crippen LogP contribution < -0.4 is 5.32 Å². The summed E-state index contributed by atoms with van der Waals surface area (Å²) in [5, 5.41) is 4.66. The molecule has 0 amide bonds. The van der Waals surface area contributed by atoms with Crippen LogP contribution in [-0.2, 0) is 10.0 Å². The number of nitrogens with one attached hydrogen (secondary N) is 1. The second kappa shape index (κ2) is 8.34. The molecule has 0 aliphatic heterocycles. The minimum Gasteiger partial charge on any atom is -0.310 e. The van der Waals surface area contributed by atoms with E-state index in [-0.39, 0.29) is 6.04 Å². The summed E-state index contributed by atoms with van der Waals surface area (Å²) in [5.74, 6) is 0. The van der Waals surface area contributed by atoms with Gasteiger partial charge >= 0.3 is 0 Å². The molecule has 0 bridgehead atoms. The first kappa shape index (κ1) is 18.7. The van der Waals surface area contributed by atoms with Crippen molar-refractivity contribution in [3.63, 3.8) is 0 Å². The lowest BCUT2D eigenvalue weighted by molar-refractivity contribution is 0.413. The van der Waals surface area contributed by atoms with Gasteiger partial charge in [-0.1, -0.05) is 30.1 Å². The van der Waals surface area contributed by atoms with Crippen LogP contribution in [0.5, 0.6) is 0 Å². The third-order valence-corrected chi connectivity index (χ3v) is 5.24. The Kier molecular flexibility index (Phi) is 7.44. The Morgan fingerprint density at radius 2 is 2.00 bits per heavy atom. The van der Waals surface area contributed by atoms with Crippen LogP contribution in [0.3, 0.4) is 0 Å². The summed E-state index contributed by atoms with van der Waals surface area (Å²) in [4.78, 5) is 0. The zero-order valence-corrected chi connectivity index (χ0v) is 14.9. The Hall–Kier alpha value is -0.330. The molecule has 1 aromatic carbocycles. The zero-order chi connectivity index (χ0) is 16.0. The molecule has 0 spiro atoms. The monoisotopic (exact) mass is 352 g/mol. The summed E-state index contributed by atoms with van der Waals surface area (Å²) < 4.78 is 24.4. The van der Waals surface area contributed by atoms with Crippen LogP contribution in [0.2, 0.25) is 10.0 Å². The van der Waals surface area contributed by atoms with E-state index >= 15 is 0 Å². The van der Waals surface area contributed by atoms with Crippen molar-refractivity contribution in [2.45, 2.75) is 26.3 Å². The lowest BCUT2D eigenvalue weighted by atomic mass is 10.1. The lowest BCUT2D eigenvalue weighted by Gasteiger charge is -2.19. The van der Waals surface area contributed by atoms with E-state index in [0.717, 1.165) is 12.0 Å². The molecular weight excluding hydrogens is 331 g/mol. The molecule has 0 aromatic heterocycles. The van der Waals surface area contributed by atoms with Crippen molar-refractivity contribution in [3.8, 4) is 0 Å². The third kappa shape index (κ3) is 6.12. The Morgan fingerprint density at radius 3 is 2.57 bits per heavy atom. The highest BCUT2D eigenvalue weighted by Crippen LogP contribution is 2.26. The van der Waals surface area contributed by atoms with Crippen LogP contribution in [0.15, 0.2) is 18.2 Å². The summed E-state index contributed by atoms with van der Waals surface area (Å²) in [6.07, 6.45) is 1.97. The summed E-state index contributed by atoms with van der Waals surface area (Å²) in [6.45, 7) is 5.55. The first-order valence-corrected chi connectivity index (χ1v) is 9.49. The highest BCUT2D eigenvalue weighted by Gasteiger charge is 2.14. The Morgan fingerprint density at radius 1 is 1.33 bits per heavy atom. The van der Waals surface area contributed by atoms with Crippen molar-refractivity contribution in [3.05, 3.63) is 33.8 Å². The number of benzene rings is 1.